The molecule has 0 aromatic carbocycles. The van der Waals surface area contributed by atoms with Crippen LogP contribution in [0.1, 0.15) is 97.8 Å². The molecule has 2 aliphatic heterocycles. The monoisotopic (exact) mass is 477 g/mol. The number of carbonyl (C=O) groups is 2. The number of amides is 3. The molecule has 0 aromatic heterocycles. The van der Waals surface area contributed by atoms with E-state index >= 15 is 0 Å². The van der Waals surface area contributed by atoms with Gasteiger partial charge in [-0.25, -0.2) is 10.3 Å². The summed E-state index contributed by atoms with van der Waals surface area (Å²) in [6.45, 7) is 5.67. The third-order valence-electron chi connectivity index (χ3n) is 5.79. The van der Waals surface area contributed by atoms with Crippen LogP contribution in [0, 0.1) is 0 Å². The molecule has 2 saturated heterocycles. The van der Waals surface area contributed by atoms with Crippen LogP contribution in [0.15, 0.2) is 0 Å². The molecule has 0 aliphatic carbocycles. The molecule has 2 heterocycles. The minimum Gasteiger partial charge on any atom is -0.311 e. The van der Waals surface area contributed by atoms with E-state index in [0.29, 0.717) is 25.7 Å². The second-order valence-electron chi connectivity index (χ2n) is 9.70. The Morgan fingerprint density at radius 3 is 2.09 bits per heavy atom. The Bertz CT molecular complexity index is 723. The normalized spacial score (nSPS) is 25.1. The van der Waals surface area contributed by atoms with Crippen LogP contribution in [0.2, 0.25) is 0 Å². The van der Waals surface area contributed by atoms with Gasteiger partial charge in [0.1, 0.15) is 6.04 Å². The molecule has 32 heavy (non-hydrogen) atoms. The van der Waals surface area contributed by atoms with Crippen LogP contribution in [0.5, 0.6) is 0 Å². The first-order valence-electron chi connectivity index (χ1n) is 11.7. The van der Waals surface area contributed by atoms with Crippen molar-refractivity contribution in [2.75, 3.05) is 6.54 Å². The summed E-state index contributed by atoms with van der Waals surface area (Å²) in [4.78, 5) is 33.1. The summed E-state index contributed by atoms with van der Waals surface area (Å²) in [5.74, 6) is -0.457. The van der Waals surface area contributed by atoms with Gasteiger partial charge in [0.25, 0.3) is 5.91 Å². The van der Waals surface area contributed by atoms with Crippen molar-refractivity contribution in [3.05, 3.63) is 0 Å². The molecule has 2 atom stereocenters. The zero-order valence-electron chi connectivity index (χ0n) is 19.5. The fourth-order valence-electron chi connectivity index (χ4n) is 4.19. The van der Waals surface area contributed by atoms with E-state index in [4.69, 9.17) is 9.12 Å². The van der Waals surface area contributed by atoms with E-state index in [1.165, 1.54) is 11.3 Å². The number of hydroxylamine groups is 3. The lowest BCUT2D eigenvalue weighted by molar-refractivity contribution is -0.150. The Hall–Kier alpha value is -1.43. The highest BCUT2D eigenvalue weighted by Gasteiger charge is 2.41. The number of hydrogen-bond donors (Lipinski definition) is 2. The predicted molar refractivity (Wildman–Crippen MR) is 119 cm³/mol. The van der Waals surface area contributed by atoms with Crippen LogP contribution < -0.4 is 5.48 Å². The predicted octanol–water partition coefficient (Wildman–Crippen LogP) is 3.74. The molecular formula is C21H39N3O7S. The first kappa shape index (κ1) is 26.8. The van der Waals surface area contributed by atoms with Crippen LogP contribution in [-0.2, 0) is 24.3 Å². The van der Waals surface area contributed by atoms with Crippen LogP contribution in [0.3, 0.4) is 0 Å². The molecule has 0 spiro atoms. The second-order valence-corrected chi connectivity index (χ2v) is 10.7. The smallest absolute Gasteiger partial charge is 0.311 e. The largest absolute Gasteiger partial charge is 0.418 e. The van der Waals surface area contributed by atoms with Crippen molar-refractivity contribution in [2.24, 2.45) is 0 Å². The number of urea groups is 1. The summed E-state index contributed by atoms with van der Waals surface area (Å²) in [6, 6.07) is -2.11. The number of carbonyl (C=O) groups excluding carboxylic acids is 2. The summed E-state index contributed by atoms with van der Waals surface area (Å²) in [5.41, 5.74) is 1.85. The molecule has 2 fully saturated rings. The summed E-state index contributed by atoms with van der Waals surface area (Å²) in [6.07, 6.45) is 10.2. The summed E-state index contributed by atoms with van der Waals surface area (Å²) >= 11 is 0. The maximum Gasteiger partial charge on any atom is 0.418 e. The zero-order chi connectivity index (χ0) is 23.8. The fraction of sp³-hybridized carbons (Fsp3) is 0.905. The van der Waals surface area contributed by atoms with Gasteiger partial charge in [-0.1, -0.05) is 51.4 Å². The van der Waals surface area contributed by atoms with E-state index in [0.717, 1.165) is 50.0 Å². The van der Waals surface area contributed by atoms with Gasteiger partial charge in [-0.3, -0.25) is 14.2 Å². The van der Waals surface area contributed by atoms with Crippen molar-refractivity contribution in [3.8, 4) is 0 Å². The maximum atomic E-state index is 13.4. The van der Waals surface area contributed by atoms with E-state index in [2.05, 4.69) is 5.48 Å². The number of rotatable bonds is 4. The van der Waals surface area contributed by atoms with Gasteiger partial charge < -0.3 is 4.90 Å². The SMILES string of the molecule is CC(C)(C)ONC(=O)[C@@H]1CC[C@H]2CCCCCCCCCCCN1C(=O)N2OS(=O)(=O)O. The number of nitrogens with zero attached hydrogens (tertiary/aromatic N) is 2. The fourth-order valence-corrected chi connectivity index (χ4v) is 4.58. The van der Waals surface area contributed by atoms with Gasteiger partial charge in [0.05, 0.1) is 11.6 Å². The lowest BCUT2D eigenvalue weighted by Gasteiger charge is -2.33. The van der Waals surface area contributed by atoms with Crippen LogP contribution in [0.25, 0.3) is 0 Å². The first-order chi connectivity index (χ1) is 15.0. The van der Waals surface area contributed by atoms with Gasteiger partial charge >= 0.3 is 16.4 Å². The molecule has 3 amide bonds. The van der Waals surface area contributed by atoms with E-state index in [1.54, 1.807) is 20.8 Å². The topological polar surface area (TPSA) is 125 Å². The Kier molecular flexibility index (Phi) is 10.2. The van der Waals surface area contributed by atoms with Crippen molar-refractivity contribution < 1.29 is 31.7 Å². The molecule has 2 aliphatic rings. The molecule has 0 unspecified atom stereocenters. The van der Waals surface area contributed by atoms with Crippen molar-refractivity contribution in [2.45, 2.75) is 116 Å². The third kappa shape index (κ3) is 9.21. The molecule has 2 N–H and O–H groups in total. The standard InChI is InChI=1S/C21H39N3O7S/c1-21(2,3)30-22-19(25)18-15-14-17-13-11-9-7-5-4-6-8-10-12-16-23(18)20(26)24(17)31-32(27,28)29/h17-18H,4-16H2,1-3H3,(H,22,25)(H,27,28,29)/t17-,18+/m1/s1. The highest BCUT2D eigenvalue weighted by atomic mass is 32.3. The molecule has 0 aromatic rings. The summed E-state index contributed by atoms with van der Waals surface area (Å²) in [7, 11) is -4.89. The lowest BCUT2D eigenvalue weighted by atomic mass is 9.99. The minimum absolute atomic E-state index is 0.282. The average molecular weight is 478 g/mol. The van der Waals surface area contributed by atoms with Gasteiger partial charge in [0.2, 0.25) is 0 Å². The van der Waals surface area contributed by atoms with Gasteiger partial charge in [-0.05, 0) is 46.5 Å². The quantitative estimate of drug-likeness (QED) is 0.467. The Balaban J connectivity index is 2.30. The molecule has 11 heteroatoms. The molecule has 0 saturated carbocycles. The van der Waals surface area contributed by atoms with E-state index in [1.807, 2.05) is 0 Å². The highest BCUT2D eigenvalue weighted by molar-refractivity contribution is 7.80. The van der Waals surface area contributed by atoms with Gasteiger partial charge in [-0.2, -0.15) is 13.5 Å². The van der Waals surface area contributed by atoms with E-state index < -0.39 is 40.0 Å². The van der Waals surface area contributed by atoms with Crippen LogP contribution in [-0.4, -0.2) is 59.1 Å². The zero-order valence-corrected chi connectivity index (χ0v) is 20.4. The second kappa shape index (κ2) is 12.2. The summed E-state index contributed by atoms with van der Waals surface area (Å²) < 4.78 is 37.1. The van der Waals surface area contributed by atoms with Crippen molar-refractivity contribution in [3.63, 3.8) is 0 Å². The molecule has 0 radical (unpaired) electrons. The molecule has 10 nitrogen and oxygen atoms in total. The number of nitrogens with one attached hydrogen (secondary N) is 1. The van der Waals surface area contributed by atoms with Crippen molar-refractivity contribution >= 4 is 22.3 Å². The van der Waals surface area contributed by atoms with Crippen LogP contribution >= 0.6 is 0 Å². The van der Waals surface area contributed by atoms with Gasteiger partial charge in [-0.15, -0.1) is 4.28 Å². The lowest BCUT2D eigenvalue weighted by Crippen LogP contribution is -2.54. The van der Waals surface area contributed by atoms with Gasteiger partial charge in [0.15, 0.2) is 0 Å². The Labute approximate surface area is 191 Å². The molecular weight excluding hydrogens is 438 g/mol. The number of hydrogen-bond acceptors (Lipinski definition) is 6. The highest BCUT2D eigenvalue weighted by Crippen LogP contribution is 2.27. The maximum absolute atomic E-state index is 13.4. The van der Waals surface area contributed by atoms with Gasteiger partial charge in [0, 0.05) is 6.54 Å². The molecule has 186 valence electrons. The Morgan fingerprint density at radius 1 is 0.969 bits per heavy atom. The number of fused-ring (bicyclic) bond motifs is 3. The van der Waals surface area contributed by atoms with Crippen molar-refractivity contribution in [1.82, 2.24) is 15.4 Å². The summed E-state index contributed by atoms with van der Waals surface area (Å²) in [5, 5.41) is 0.757. The van der Waals surface area contributed by atoms with E-state index in [9.17, 15) is 22.6 Å². The van der Waals surface area contributed by atoms with E-state index in [-0.39, 0.29) is 6.54 Å². The van der Waals surface area contributed by atoms with Crippen molar-refractivity contribution in [1.29, 1.82) is 0 Å². The third-order valence-corrected chi connectivity index (χ3v) is 6.14. The molecule has 2 bridgehead atoms. The van der Waals surface area contributed by atoms with Crippen LogP contribution in [0.4, 0.5) is 4.79 Å². The first-order valence-corrected chi connectivity index (χ1v) is 13.1. The average Bonchev–Trinajstić information content (AvgIpc) is 2.80. The minimum atomic E-state index is -4.89. The Morgan fingerprint density at radius 2 is 1.53 bits per heavy atom. The molecule has 2 rings (SSSR count).